The van der Waals surface area contributed by atoms with Crippen LogP contribution in [0.1, 0.15) is 48.0 Å². The molecule has 3 unspecified atom stereocenters. The van der Waals surface area contributed by atoms with Gasteiger partial charge in [-0.05, 0) is 42.9 Å². The lowest BCUT2D eigenvalue weighted by Crippen LogP contribution is -2.41. The third-order valence-electron chi connectivity index (χ3n) is 5.08. The van der Waals surface area contributed by atoms with E-state index in [0.29, 0.717) is 24.1 Å². The van der Waals surface area contributed by atoms with Crippen molar-refractivity contribution in [1.29, 1.82) is 0 Å². The Morgan fingerprint density at radius 1 is 1.27 bits per heavy atom. The van der Waals surface area contributed by atoms with Crippen molar-refractivity contribution in [3.05, 3.63) is 35.4 Å². The fourth-order valence-electron chi connectivity index (χ4n) is 4.06. The van der Waals surface area contributed by atoms with Crippen molar-refractivity contribution in [2.45, 2.75) is 50.7 Å². The predicted octanol–water partition coefficient (Wildman–Crippen LogP) is 2.00. The standard InChI is InChI=1S/C17H22N2O3/c18-16(20)13-6-3-4-11(8-13)10-19-14-7-2-1-5-12(14)9-15(19)17(21)22/h3-4,6,8,12,14-15H,1-2,5,7,9-10H2,(H2,18,20)(H,21,22). The number of aliphatic carboxylic acids is 1. The molecule has 3 rings (SSSR count). The largest absolute Gasteiger partial charge is 0.480 e. The highest BCUT2D eigenvalue weighted by Crippen LogP contribution is 2.40. The zero-order valence-corrected chi connectivity index (χ0v) is 12.6. The zero-order chi connectivity index (χ0) is 15.7. The number of benzene rings is 1. The maximum atomic E-state index is 11.6. The molecule has 1 saturated carbocycles. The Hall–Kier alpha value is -1.88. The van der Waals surface area contributed by atoms with Gasteiger partial charge in [-0.3, -0.25) is 14.5 Å². The van der Waals surface area contributed by atoms with Gasteiger partial charge in [-0.25, -0.2) is 0 Å². The van der Waals surface area contributed by atoms with E-state index in [4.69, 9.17) is 5.73 Å². The molecule has 0 spiro atoms. The van der Waals surface area contributed by atoms with E-state index >= 15 is 0 Å². The molecule has 3 atom stereocenters. The van der Waals surface area contributed by atoms with E-state index in [1.165, 1.54) is 12.8 Å². The molecule has 5 heteroatoms. The van der Waals surface area contributed by atoms with Gasteiger partial charge in [-0.15, -0.1) is 0 Å². The number of carbonyl (C=O) groups excluding carboxylic acids is 1. The van der Waals surface area contributed by atoms with Crippen LogP contribution in [-0.2, 0) is 11.3 Å². The molecule has 0 bridgehead atoms. The third-order valence-corrected chi connectivity index (χ3v) is 5.08. The van der Waals surface area contributed by atoms with Gasteiger partial charge in [0.05, 0.1) is 0 Å². The Morgan fingerprint density at radius 2 is 2.05 bits per heavy atom. The number of hydrogen-bond acceptors (Lipinski definition) is 3. The molecule has 1 amide bonds. The Morgan fingerprint density at radius 3 is 2.77 bits per heavy atom. The second-order valence-electron chi connectivity index (χ2n) is 6.44. The van der Waals surface area contributed by atoms with Crippen molar-refractivity contribution in [3.8, 4) is 0 Å². The number of nitrogens with two attached hydrogens (primary N) is 1. The molecule has 1 aliphatic carbocycles. The van der Waals surface area contributed by atoms with Gasteiger partial charge in [0.1, 0.15) is 6.04 Å². The van der Waals surface area contributed by atoms with Gasteiger partial charge in [0.15, 0.2) is 0 Å². The second-order valence-corrected chi connectivity index (χ2v) is 6.44. The van der Waals surface area contributed by atoms with Gasteiger partial charge in [-0.1, -0.05) is 25.0 Å². The van der Waals surface area contributed by atoms with Gasteiger partial charge in [0.2, 0.25) is 5.91 Å². The summed E-state index contributed by atoms with van der Waals surface area (Å²) in [4.78, 5) is 25.0. The molecule has 118 valence electrons. The minimum Gasteiger partial charge on any atom is -0.480 e. The molecule has 0 aromatic heterocycles. The molecule has 2 fully saturated rings. The highest BCUT2D eigenvalue weighted by atomic mass is 16.4. The number of fused-ring (bicyclic) bond motifs is 1. The number of rotatable bonds is 4. The average Bonchev–Trinajstić information content (AvgIpc) is 2.87. The molecular weight excluding hydrogens is 280 g/mol. The van der Waals surface area contributed by atoms with E-state index in [0.717, 1.165) is 24.8 Å². The van der Waals surface area contributed by atoms with Crippen LogP contribution in [0.15, 0.2) is 24.3 Å². The Balaban J connectivity index is 1.83. The molecule has 22 heavy (non-hydrogen) atoms. The summed E-state index contributed by atoms with van der Waals surface area (Å²) in [6.07, 6.45) is 5.33. The van der Waals surface area contributed by atoms with Crippen LogP contribution < -0.4 is 5.73 Å². The first-order chi connectivity index (χ1) is 10.6. The number of likely N-dealkylation sites (tertiary alicyclic amines) is 1. The first-order valence-electron chi connectivity index (χ1n) is 7.93. The number of carboxylic acid groups (broad SMARTS) is 1. The van der Waals surface area contributed by atoms with Crippen LogP contribution >= 0.6 is 0 Å². The second kappa shape index (κ2) is 6.08. The lowest BCUT2D eigenvalue weighted by atomic mass is 9.84. The highest BCUT2D eigenvalue weighted by molar-refractivity contribution is 5.92. The van der Waals surface area contributed by atoms with E-state index in [2.05, 4.69) is 4.90 Å². The molecule has 1 aromatic carbocycles. The summed E-state index contributed by atoms with van der Waals surface area (Å²) >= 11 is 0. The molecule has 2 aliphatic rings. The van der Waals surface area contributed by atoms with Crippen LogP contribution in [0.3, 0.4) is 0 Å². The van der Waals surface area contributed by atoms with Crippen LogP contribution in [0.4, 0.5) is 0 Å². The molecule has 3 N–H and O–H groups in total. The third kappa shape index (κ3) is 2.86. The number of nitrogens with zero attached hydrogens (tertiary/aromatic N) is 1. The quantitative estimate of drug-likeness (QED) is 0.891. The molecule has 1 saturated heterocycles. The summed E-state index contributed by atoms with van der Waals surface area (Å²) in [7, 11) is 0. The molecule has 1 aliphatic heterocycles. The average molecular weight is 302 g/mol. The fourth-order valence-corrected chi connectivity index (χ4v) is 4.06. The minimum absolute atomic E-state index is 0.354. The number of amides is 1. The summed E-state index contributed by atoms with van der Waals surface area (Å²) in [6, 6.07) is 7.14. The van der Waals surface area contributed by atoms with Crippen LogP contribution in [-0.4, -0.2) is 34.0 Å². The maximum absolute atomic E-state index is 11.6. The van der Waals surface area contributed by atoms with Gasteiger partial charge in [-0.2, -0.15) is 0 Å². The van der Waals surface area contributed by atoms with Gasteiger partial charge in [0, 0.05) is 18.2 Å². The summed E-state index contributed by atoms with van der Waals surface area (Å²) in [5.41, 5.74) is 6.75. The van der Waals surface area contributed by atoms with E-state index in [1.807, 2.05) is 6.07 Å². The number of primary amides is 1. The lowest BCUT2D eigenvalue weighted by Gasteiger charge is -2.33. The van der Waals surface area contributed by atoms with Crippen LogP contribution in [0.5, 0.6) is 0 Å². The first kappa shape index (κ1) is 15.0. The smallest absolute Gasteiger partial charge is 0.320 e. The van der Waals surface area contributed by atoms with Gasteiger partial charge >= 0.3 is 5.97 Å². The number of carboxylic acids is 1. The van der Waals surface area contributed by atoms with Crippen molar-refractivity contribution in [1.82, 2.24) is 4.90 Å². The minimum atomic E-state index is -0.736. The normalized spacial score (nSPS) is 28.3. The topological polar surface area (TPSA) is 83.6 Å². The molecule has 1 aromatic rings. The molecular formula is C17H22N2O3. The summed E-state index contributed by atoms with van der Waals surface area (Å²) in [5.74, 6) is -0.691. The SMILES string of the molecule is NC(=O)c1cccc(CN2C(C(=O)O)CC3CCCCC32)c1. The van der Waals surface area contributed by atoms with Gasteiger partial charge < -0.3 is 10.8 Å². The van der Waals surface area contributed by atoms with Crippen LogP contribution in [0, 0.1) is 5.92 Å². The van der Waals surface area contributed by atoms with E-state index in [9.17, 15) is 14.7 Å². The van der Waals surface area contributed by atoms with E-state index in [-0.39, 0.29) is 0 Å². The molecule has 5 nitrogen and oxygen atoms in total. The zero-order valence-electron chi connectivity index (χ0n) is 12.6. The number of hydrogen-bond donors (Lipinski definition) is 2. The van der Waals surface area contributed by atoms with Crippen LogP contribution in [0.2, 0.25) is 0 Å². The van der Waals surface area contributed by atoms with Crippen molar-refractivity contribution < 1.29 is 14.7 Å². The molecule has 0 radical (unpaired) electrons. The Bertz CT molecular complexity index is 587. The van der Waals surface area contributed by atoms with Gasteiger partial charge in [0.25, 0.3) is 0 Å². The Kier molecular flexibility index (Phi) is 4.16. The van der Waals surface area contributed by atoms with Crippen molar-refractivity contribution >= 4 is 11.9 Å². The van der Waals surface area contributed by atoms with Crippen molar-refractivity contribution in [2.24, 2.45) is 11.7 Å². The summed E-state index contributed by atoms with van der Waals surface area (Å²) < 4.78 is 0. The summed E-state index contributed by atoms with van der Waals surface area (Å²) in [5, 5.41) is 9.54. The number of carbonyl (C=O) groups is 2. The van der Waals surface area contributed by atoms with E-state index in [1.54, 1.807) is 18.2 Å². The van der Waals surface area contributed by atoms with E-state index < -0.39 is 17.9 Å². The highest BCUT2D eigenvalue weighted by Gasteiger charge is 2.44. The first-order valence-corrected chi connectivity index (χ1v) is 7.93. The van der Waals surface area contributed by atoms with Crippen molar-refractivity contribution in [2.75, 3.05) is 0 Å². The Labute approximate surface area is 130 Å². The molecule has 1 heterocycles. The van der Waals surface area contributed by atoms with Crippen molar-refractivity contribution in [3.63, 3.8) is 0 Å². The predicted molar refractivity (Wildman–Crippen MR) is 82.3 cm³/mol. The maximum Gasteiger partial charge on any atom is 0.320 e. The monoisotopic (exact) mass is 302 g/mol. The van der Waals surface area contributed by atoms with Crippen LogP contribution in [0.25, 0.3) is 0 Å². The fraction of sp³-hybridized carbons (Fsp3) is 0.529. The lowest BCUT2D eigenvalue weighted by molar-refractivity contribution is -0.142. The summed E-state index contributed by atoms with van der Waals surface area (Å²) in [6.45, 7) is 0.569.